The van der Waals surface area contributed by atoms with E-state index in [1.165, 1.54) is 0 Å². The molecule has 0 radical (unpaired) electrons. The first kappa shape index (κ1) is 14.6. The molecular weight excluding hydrogens is 302 g/mol. The van der Waals surface area contributed by atoms with Gasteiger partial charge in [0.25, 0.3) is 5.91 Å². The molecule has 0 aliphatic carbocycles. The normalized spacial score (nSPS) is 17.7. The van der Waals surface area contributed by atoms with Crippen molar-refractivity contribution >= 4 is 11.7 Å². The number of rotatable bonds is 2. The van der Waals surface area contributed by atoms with Crippen LogP contribution in [0, 0.1) is 11.3 Å². The van der Waals surface area contributed by atoms with Crippen molar-refractivity contribution in [3.05, 3.63) is 53.5 Å². The summed E-state index contributed by atoms with van der Waals surface area (Å²) in [7, 11) is 0. The monoisotopic (exact) mass is 319 g/mol. The van der Waals surface area contributed by atoms with Crippen molar-refractivity contribution in [1.82, 2.24) is 14.9 Å². The number of pyridine rings is 2. The number of nitriles is 1. The molecule has 0 saturated carbocycles. The molecule has 6 heteroatoms. The highest BCUT2D eigenvalue weighted by atomic mass is 16.2. The number of carbonyl (C=O) groups is 1. The molecule has 1 fully saturated rings. The van der Waals surface area contributed by atoms with E-state index in [0.717, 1.165) is 43.0 Å². The van der Waals surface area contributed by atoms with E-state index in [1.54, 1.807) is 24.5 Å². The molecule has 1 amide bonds. The third kappa shape index (κ3) is 2.38. The fourth-order valence-electron chi connectivity index (χ4n) is 3.57. The van der Waals surface area contributed by atoms with E-state index in [1.807, 2.05) is 17.0 Å². The van der Waals surface area contributed by atoms with Crippen LogP contribution in [0.25, 0.3) is 0 Å². The Morgan fingerprint density at radius 3 is 2.62 bits per heavy atom. The zero-order valence-corrected chi connectivity index (χ0v) is 13.2. The van der Waals surface area contributed by atoms with Crippen LogP contribution in [0.3, 0.4) is 0 Å². The summed E-state index contributed by atoms with van der Waals surface area (Å²) in [6.45, 7) is 2.19. The zero-order valence-electron chi connectivity index (χ0n) is 13.2. The molecule has 2 aliphatic heterocycles. The predicted molar refractivity (Wildman–Crippen MR) is 88.3 cm³/mol. The van der Waals surface area contributed by atoms with Crippen LogP contribution in [-0.4, -0.2) is 39.9 Å². The number of fused-ring (bicyclic) bond motifs is 1. The maximum Gasteiger partial charge on any atom is 0.256 e. The van der Waals surface area contributed by atoms with Crippen LogP contribution in [0.2, 0.25) is 0 Å². The predicted octanol–water partition coefficient (Wildman–Crippen LogP) is 1.97. The van der Waals surface area contributed by atoms with Gasteiger partial charge in [-0.2, -0.15) is 5.26 Å². The first-order chi connectivity index (χ1) is 11.8. The van der Waals surface area contributed by atoms with E-state index in [4.69, 9.17) is 0 Å². The third-order valence-electron chi connectivity index (χ3n) is 4.81. The van der Waals surface area contributed by atoms with Gasteiger partial charge >= 0.3 is 0 Å². The van der Waals surface area contributed by atoms with Gasteiger partial charge < -0.3 is 9.80 Å². The summed E-state index contributed by atoms with van der Waals surface area (Å²) in [6.07, 6.45) is 5.21. The standard InChI is InChI=1S/C18H17N5O/c19-11-13-3-1-8-21-17(13)22-9-5-14(6-10-22)23-12-16-15(18(23)24)4-2-7-20-16/h1-4,7-8,14H,5-6,9-10,12H2. The van der Waals surface area contributed by atoms with Crippen LogP contribution in [0.5, 0.6) is 0 Å². The molecule has 2 aromatic rings. The number of carbonyl (C=O) groups excluding carboxylic acids is 1. The molecule has 0 atom stereocenters. The van der Waals surface area contributed by atoms with Crippen LogP contribution in [-0.2, 0) is 6.54 Å². The second-order valence-corrected chi connectivity index (χ2v) is 6.14. The number of aromatic nitrogens is 2. The smallest absolute Gasteiger partial charge is 0.256 e. The minimum absolute atomic E-state index is 0.0899. The molecule has 24 heavy (non-hydrogen) atoms. The zero-order chi connectivity index (χ0) is 16.5. The van der Waals surface area contributed by atoms with Gasteiger partial charge in [-0.1, -0.05) is 0 Å². The average molecular weight is 319 g/mol. The molecule has 6 nitrogen and oxygen atoms in total. The van der Waals surface area contributed by atoms with E-state index in [2.05, 4.69) is 20.9 Å². The van der Waals surface area contributed by atoms with Crippen LogP contribution < -0.4 is 4.90 Å². The Morgan fingerprint density at radius 2 is 1.88 bits per heavy atom. The molecule has 0 spiro atoms. The maximum atomic E-state index is 12.6. The quantitative estimate of drug-likeness (QED) is 0.846. The second kappa shape index (κ2) is 5.93. The van der Waals surface area contributed by atoms with Crippen LogP contribution >= 0.6 is 0 Å². The Kier molecular flexibility index (Phi) is 3.62. The highest BCUT2D eigenvalue weighted by molar-refractivity contribution is 5.97. The van der Waals surface area contributed by atoms with E-state index in [9.17, 15) is 10.1 Å². The first-order valence-corrected chi connectivity index (χ1v) is 8.13. The molecule has 4 rings (SSSR count). The fraction of sp³-hybridized carbons (Fsp3) is 0.333. The SMILES string of the molecule is N#Cc1cccnc1N1CCC(N2Cc3ncccc3C2=O)CC1. The topological polar surface area (TPSA) is 73.1 Å². The molecular formula is C18H17N5O. The van der Waals surface area contributed by atoms with E-state index < -0.39 is 0 Å². The number of hydrogen-bond donors (Lipinski definition) is 0. The van der Waals surface area contributed by atoms with Gasteiger partial charge in [-0.25, -0.2) is 4.98 Å². The largest absolute Gasteiger partial charge is 0.355 e. The maximum absolute atomic E-state index is 12.6. The van der Waals surface area contributed by atoms with Crippen molar-refractivity contribution in [2.75, 3.05) is 18.0 Å². The van der Waals surface area contributed by atoms with Gasteiger partial charge in [0.2, 0.25) is 0 Å². The summed E-state index contributed by atoms with van der Waals surface area (Å²) >= 11 is 0. The number of anilines is 1. The molecule has 4 heterocycles. The van der Waals surface area contributed by atoms with Crippen molar-refractivity contribution in [3.63, 3.8) is 0 Å². The summed E-state index contributed by atoms with van der Waals surface area (Å²) in [6, 6.07) is 9.66. The molecule has 2 aromatic heterocycles. The molecule has 0 aromatic carbocycles. The van der Waals surface area contributed by atoms with Crippen LogP contribution in [0.15, 0.2) is 36.7 Å². The molecule has 0 N–H and O–H groups in total. The Hall–Kier alpha value is -2.94. The average Bonchev–Trinajstić information content (AvgIpc) is 2.99. The molecule has 0 bridgehead atoms. The summed E-state index contributed by atoms with van der Waals surface area (Å²) in [5.74, 6) is 0.836. The Morgan fingerprint density at radius 1 is 1.12 bits per heavy atom. The molecule has 2 aliphatic rings. The third-order valence-corrected chi connectivity index (χ3v) is 4.81. The van der Waals surface area contributed by atoms with Gasteiger partial charge in [-0.15, -0.1) is 0 Å². The summed E-state index contributed by atoms with van der Waals surface area (Å²) in [5, 5.41) is 9.23. The van der Waals surface area contributed by atoms with E-state index in [-0.39, 0.29) is 11.9 Å². The summed E-state index contributed by atoms with van der Waals surface area (Å²) in [4.78, 5) is 25.3. The second-order valence-electron chi connectivity index (χ2n) is 6.14. The lowest BCUT2D eigenvalue weighted by atomic mass is 10.0. The number of hydrogen-bond acceptors (Lipinski definition) is 5. The lowest BCUT2D eigenvalue weighted by molar-refractivity contribution is 0.0674. The van der Waals surface area contributed by atoms with Gasteiger partial charge in [0.1, 0.15) is 11.9 Å². The van der Waals surface area contributed by atoms with Crippen molar-refractivity contribution in [2.45, 2.75) is 25.4 Å². The van der Waals surface area contributed by atoms with Crippen molar-refractivity contribution in [3.8, 4) is 6.07 Å². The fourth-order valence-corrected chi connectivity index (χ4v) is 3.57. The van der Waals surface area contributed by atoms with E-state index >= 15 is 0 Å². The molecule has 1 saturated heterocycles. The highest BCUT2D eigenvalue weighted by Gasteiger charge is 2.35. The minimum Gasteiger partial charge on any atom is -0.355 e. The number of nitrogens with zero attached hydrogens (tertiary/aromatic N) is 5. The lowest BCUT2D eigenvalue weighted by Crippen LogP contribution is -2.45. The van der Waals surface area contributed by atoms with Gasteiger partial charge in [-0.3, -0.25) is 9.78 Å². The Bertz CT molecular complexity index is 820. The highest BCUT2D eigenvalue weighted by Crippen LogP contribution is 2.29. The molecule has 120 valence electrons. The number of piperidine rings is 1. The number of amides is 1. The first-order valence-electron chi connectivity index (χ1n) is 8.13. The summed E-state index contributed by atoms with van der Waals surface area (Å²) in [5.41, 5.74) is 2.21. The molecule has 0 unspecified atom stereocenters. The Labute approximate surface area is 140 Å². The van der Waals surface area contributed by atoms with Crippen molar-refractivity contribution in [1.29, 1.82) is 5.26 Å². The van der Waals surface area contributed by atoms with E-state index in [0.29, 0.717) is 12.1 Å². The van der Waals surface area contributed by atoms with Crippen LogP contribution in [0.4, 0.5) is 5.82 Å². The summed E-state index contributed by atoms with van der Waals surface area (Å²) < 4.78 is 0. The minimum atomic E-state index is 0.0899. The van der Waals surface area contributed by atoms with Crippen LogP contribution in [0.1, 0.15) is 34.5 Å². The lowest BCUT2D eigenvalue weighted by Gasteiger charge is -2.37. The van der Waals surface area contributed by atoms with Crippen molar-refractivity contribution in [2.24, 2.45) is 0 Å². The van der Waals surface area contributed by atoms with Gasteiger partial charge in [0.05, 0.1) is 23.4 Å². The van der Waals surface area contributed by atoms with Gasteiger partial charge in [0, 0.05) is 31.5 Å². The van der Waals surface area contributed by atoms with Crippen molar-refractivity contribution < 1.29 is 4.79 Å². The van der Waals surface area contributed by atoms with Gasteiger partial charge in [0.15, 0.2) is 0 Å². The Balaban J connectivity index is 1.46. The van der Waals surface area contributed by atoms with Gasteiger partial charge in [-0.05, 0) is 37.1 Å².